The first-order valence-corrected chi connectivity index (χ1v) is 6.76. The summed E-state index contributed by atoms with van der Waals surface area (Å²) < 4.78 is 0. The quantitative estimate of drug-likeness (QED) is 0.776. The molecule has 0 aromatic carbocycles. The van der Waals surface area contributed by atoms with E-state index >= 15 is 0 Å². The predicted octanol–water partition coefficient (Wildman–Crippen LogP) is 2.97. The molecule has 0 saturated heterocycles. The minimum atomic E-state index is -0.607. The Bertz CT molecular complexity index is 211. The molecule has 1 fully saturated rings. The van der Waals surface area contributed by atoms with E-state index in [1.165, 1.54) is 0 Å². The largest absolute Gasteiger partial charge is 0.393 e. The lowest BCUT2D eigenvalue weighted by Gasteiger charge is -2.38. The smallest absolute Gasteiger partial charge is 0.0620 e. The molecule has 4 unspecified atom stereocenters. The molecular formula is C14H28O2. The van der Waals surface area contributed by atoms with Gasteiger partial charge in [0.2, 0.25) is 0 Å². The highest BCUT2D eigenvalue weighted by Gasteiger charge is 2.34. The van der Waals surface area contributed by atoms with Crippen LogP contribution in [0, 0.1) is 17.8 Å². The first kappa shape index (κ1) is 14.0. The van der Waals surface area contributed by atoms with Crippen LogP contribution < -0.4 is 0 Å². The van der Waals surface area contributed by atoms with Crippen LogP contribution in [0.4, 0.5) is 0 Å². The molecule has 2 heteroatoms. The number of rotatable bonds is 4. The van der Waals surface area contributed by atoms with Crippen LogP contribution in [0.1, 0.15) is 59.8 Å². The first-order valence-electron chi connectivity index (χ1n) is 6.76. The van der Waals surface area contributed by atoms with E-state index in [-0.39, 0.29) is 12.0 Å². The second-order valence-electron chi connectivity index (χ2n) is 6.20. The molecule has 16 heavy (non-hydrogen) atoms. The van der Waals surface area contributed by atoms with Crippen LogP contribution in [0.15, 0.2) is 0 Å². The summed E-state index contributed by atoms with van der Waals surface area (Å²) in [6, 6.07) is 0. The summed E-state index contributed by atoms with van der Waals surface area (Å²) in [4.78, 5) is 0. The highest BCUT2D eigenvalue weighted by Crippen LogP contribution is 2.38. The summed E-state index contributed by atoms with van der Waals surface area (Å²) >= 11 is 0. The molecule has 2 nitrogen and oxygen atoms in total. The molecule has 4 atom stereocenters. The summed E-state index contributed by atoms with van der Waals surface area (Å²) in [5, 5.41) is 20.1. The summed E-state index contributed by atoms with van der Waals surface area (Å²) in [5.74, 6) is 1.71. The van der Waals surface area contributed by atoms with Gasteiger partial charge in [-0.2, -0.15) is 0 Å². The van der Waals surface area contributed by atoms with Crippen molar-refractivity contribution in [3.8, 4) is 0 Å². The van der Waals surface area contributed by atoms with Crippen LogP contribution in [0.5, 0.6) is 0 Å². The molecule has 0 spiro atoms. The van der Waals surface area contributed by atoms with E-state index in [9.17, 15) is 10.2 Å². The molecule has 1 saturated carbocycles. The molecule has 1 aliphatic rings. The summed E-state index contributed by atoms with van der Waals surface area (Å²) in [6.07, 6.45) is 4.44. The van der Waals surface area contributed by atoms with Crippen molar-refractivity contribution in [1.82, 2.24) is 0 Å². The number of hydrogen-bond acceptors (Lipinski definition) is 2. The van der Waals surface area contributed by atoms with Crippen LogP contribution in [0.25, 0.3) is 0 Å². The van der Waals surface area contributed by atoms with E-state index < -0.39 is 5.60 Å². The Labute approximate surface area is 100 Å². The first-order chi connectivity index (χ1) is 7.35. The number of aliphatic hydroxyl groups excluding tert-OH is 1. The van der Waals surface area contributed by atoms with E-state index in [1.54, 1.807) is 0 Å². The monoisotopic (exact) mass is 228 g/mol. The highest BCUT2D eigenvalue weighted by molar-refractivity contribution is 4.86. The summed E-state index contributed by atoms with van der Waals surface area (Å²) in [6.45, 7) is 8.42. The Morgan fingerprint density at radius 1 is 1.31 bits per heavy atom. The maximum absolute atomic E-state index is 10.1. The molecule has 0 heterocycles. The van der Waals surface area contributed by atoms with Crippen LogP contribution in [0.3, 0.4) is 0 Å². The lowest BCUT2D eigenvalue weighted by molar-refractivity contribution is -0.0298. The fourth-order valence-corrected chi connectivity index (χ4v) is 2.82. The second kappa shape index (κ2) is 5.50. The van der Waals surface area contributed by atoms with Gasteiger partial charge in [0.25, 0.3) is 0 Å². The highest BCUT2D eigenvalue weighted by atomic mass is 16.3. The van der Waals surface area contributed by atoms with Gasteiger partial charge in [0, 0.05) is 0 Å². The zero-order valence-corrected chi connectivity index (χ0v) is 11.2. The molecule has 0 aliphatic heterocycles. The van der Waals surface area contributed by atoms with Crippen LogP contribution >= 0.6 is 0 Å². The van der Waals surface area contributed by atoms with E-state index in [0.29, 0.717) is 5.92 Å². The summed E-state index contributed by atoms with van der Waals surface area (Å²) in [5.41, 5.74) is -0.607. The molecule has 1 aliphatic carbocycles. The predicted molar refractivity (Wildman–Crippen MR) is 67.2 cm³/mol. The zero-order chi connectivity index (χ0) is 12.3. The molecule has 0 aromatic rings. The Balaban J connectivity index is 2.56. The third-order valence-electron chi connectivity index (χ3n) is 4.39. The summed E-state index contributed by atoms with van der Waals surface area (Å²) in [7, 11) is 0. The molecule has 1 rings (SSSR count). The third kappa shape index (κ3) is 3.74. The average molecular weight is 228 g/mol. The van der Waals surface area contributed by atoms with Crippen molar-refractivity contribution in [3.63, 3.8) is 0 Å². The maximum Gasteiger partial charge on any atom is 0.0620 e. The van der Waals surface area contributed by atoms with Gasteiger partial charge < -0.3 is 10.2 Å². The second-order valence-corrected chi connectivity index (χ2v) is 6.20. The minimum Gasteiger partial charge on any atom is -0.393 e. The number of hydrogen-bond donors (Lipinski definition) is 2. The molecule has 0 aromatic heterocycles. The topological polar surface area (TPSA) is 40.5 Å². The van der Waals surface area contributed by atoms with Crippen molar-refractivity contribution in [2.45, 2.75) is 71.5 Å². The minimum absolute atomic E-state index is 0.201. The van der Waals surface area contributed by atoms with E-state index in [0.717, 1.165) is 38.0 Å². The van der Waals surface area contributed by atoms with Crippen LogP contribution in [-0.2, 0) is 0 Å². The van der Waals surface area contributed by atoms with Gasteiger partial charge >= 0.3 is 0 Å². The zero-order valence-electron chi connectivity index (χ0n) is 11.2. The van der Waals surface area contributed by atoms with E-state index in [4.69, 9.17) is 0 Å². The Kier molecular flexibility index (Phi) is 4.81. The normalized spacial score (nSPS) is 35.1. The van der Waals surface area contributed by atoms with Gasteiger partial charge in [-0.05, 0) is 56.8 Å². The third-order valence-corrected chi connectivity index (χ3v) is 4.39. The van der Waals surface area contributed by atoms with Gasteiger partial charge in [-0.25, -0.2) is 0 Å². The van der Waals surface area contributed by atoms with Crippen molar-refractivity contribution >= 4 is 0 Å². The van der Waals surface area contributed by atoms with Gasteiger partial charge in [-0.15, -0.1) is 0 Å². The molecule has 2 N–H and O–H groups in total. The SMILES string of the molecule is CCC(C)(O)CC1CC(C(C)C)CCC1O. The maximum atomic E-state index is 10.1. The van der Waals surface area contributed by atoms with Gasteiger partial charge in [0.05, 0.1) is 11.7 Å². The molecular weight excluding hydrogens is 200 g/mol. The Morgan fingerprint density at radius 2 is 1.94 bits per heavy atom. The van der Waals surface area contributed by atoms with Crippen molar-refractivity contribution in [1.29, 1.82) is 0 Å². The van der Waals surface area contributed by atoms with Crippen molar-refractivity contribution < 1.29 is 10.2 Å². The lowest BCUT2D eigenvalue weighted by Crippen LogP contribution is -2.37. The van der Waals surface area contributed by atoms with Crippen molar-refractivity contribution in [3.05, 3.63) is 0 Å². The van der Waals surface area contributed by atoms with Gasteiger partial charge in [-0.3, -0.25) is 0 Å². The number of aliphatic hydroxyl groups is 2. The fourth-order valence-electron chi connectivity index (χ4n) is 2.82. The molecule has 0 bridgehead atoms. The van der Waals surface area contributed by atoms with Crippen molar-refractivity contribution in [2.24, 2.45) is 17.8 Å². The van der Waals surface area contributed by atoms with E-state index in [1.807, 2.05) is 13.8 Å². The van der Waals surface area contributed by atoms with Gasteiger partial charge in [-0.1, -0.05) is 20.8 Å². The molecule has 0 amide bonds. The average Bonchev–Trinajstić information content (AvgIpc) is 2.21. The van der Waals surface area contributed by atoms with Gasteiger partial charge in [0.1, 0.15) is 0 Å². The standard InChI is InChI=1S/C14H28O2/c1-5-14(4,16)9-12-8-11(10(2)3)6-7-13(12)15/h10-13,15-16H,5-9H2,1-4H3. The fraction of sp³-hybridized carbons (Fsp3) is 1.00. The van der Waals surface area contributed by atoms with Crippen molar-refractivity contribution in [2.75, 3.05) is 0 Å². The van der Waals surface area contributed by atoms with Gasteiger partial charge in [0.15, 0.2) is 0 Å². The lowest BCUT2D eigenvalue weighted by atomic mass is 9.71. The Hall–Kier alpha value is -0.0800. The molecule has 96 valence electrons. The van der Waals surface area contributed by atoms with Crippen LogP contribution in [-0.4, -0.2) is 21.9 Å². The Morgan fingerprint density at radius 3 is 2.44 bits per heavy atom. The van der Waals surface area contributed by atoms with Crippen LogP contribution in [0.2, 0.25) is 0 Å². The van der Waals surface area contributed by atoms with E-state index in [2.05, 4.69) is 13.8 Å². The molecule has 0 radical (unpaired) electrons.